The Morgan fingerprint density at radius 2 is 1.81 bits per heavy atom. The molecule has 3 rings (SSSR count). The molecule has 1 aliphatic heterocycles. The summed E-state index contributed by atoms with van der Waals surface area (Å²) in [6.07, 6.45) is 4.28. The monoisotopic (exact) mass is 283 g/mol. The summed E-state index contributed by atoms with van der Waals surface area (Å²) in [6, 6.07) is 9.93. The molecule has 1 saturated heterocycles. The summed E-state index contributed by atoms with van der Waals surface area (Å²) in [5.41, 5.74) is 2.05. The molecule has 1 fully saturated rings. The van der Waals surface area contributed by atoms with Gasteiger partial charge in [-0.05, 0) is 49.1 Å². The molecule has 0 bridgehead atoms. The quantitative estimate of drug-likeness (QED) is 0.865. The van der Waals surface area contributed by atoms with Crippen molar-refractivity contribution in [3.05, 3.63) is 36.5 Å². The molecule has 0 radical (unpaired) electrons. The van der Waals surface area contributed by atoms with E-state index in [9.17, 15) is 0 Å². The smallest absolute Gasteiger partial charge is 0.225 e. The number of hydrogen-bond donors (Lipinski definition) is 0. The molecule has 0 spiro atoms. The molecular weight excluding hydrogens is 262 g/mol. The minimum absolute atomic E-state index is 0.811. The lowest BCUT2D eigenvalue weighted by molar-refractivity contribution is 0.415. The number of anilines is 1. The van der Waals surface area contributed by atoms with Crippen molar-refractivity contribution in [2.45, 2.75) is 19.8 Å². The average Bonchev–Trinajstić information content (AvgIpc) is 2.56. The van der Waals surface area contributed by atoms with Crippen LogP contribution in [0.4, 0.5) is 5.95 Å². The molecule has 21 heavy (non-hydrogen) atoms. The van der Waals surface area contributed by atoms with Crippen molar-refractivity contribution in [1.82, 2.24) is 9.97 Å². The van der Waals surface area contributed by atoms with Gasteiger partial charge in [0.25, 0.3) is 0 Å². The topological polar surface area (TPSA) is 38.2 Å². The average molecular weight is 283 g/mol. The van der Waals surface area contributed by atoms with Crippen LogP contribution in [-0.4, -0.2) is 30.2 Å². The Kier molecular flexibility index (Phi) is 4.04. The third kappa shape index (κ3) is 3.15. The fourth-order valence-electron chi connectivity index (χ4n) is 2.63. The molecule has 110 valence electrons. The van der Waals surface area contributed by atoms with Crippen molar-refractivity contribution in [3.8, 4) is 17.0 Å². The van der Waals surface area contributed by atoms with Crippen molar-refractivity contribution in [2.24, 2.45) is 5.92 Å². The zero-order valence-corrected chi connectivity index (χ0v) is 12.6. The Balaban J connectivity index is 1.82. The fraction of sp³-hybridized carbons (Fsp3) is 0.412. The van der Waals surface area contributed by atoms with E-state index in [0.717, 1.165) is 42.0 Å². The van der Waals surface area contributed by atoms with E-state index < -0.39 is 0 Å². The molecule has 0 saturated carbocycles. The van der Waals surface area contributed by atoms with Crippen LogP contribution < -0.4 is 9.64 Å². The number of rotatable bonds is 3. The molecule has 0 atom stereocenters. The summed E-state index contributed by atoms with van der Waals surface area (Å²) >= 11 is 0. The van der Waals surface area contributed by atoms with Crippen molar-refractivity contribution in [3.63, 3.8) is 0 Å². The second-order valence-electron chi connectivity index (χ2n) is 5.64. The van der Waals surface area contributed by atoms with Crippen LogP contribution in [0.25, 0.3) is 11.3 Å². The van der Waals surface area contributed by atoms with E-state index in [1.807, 2.05) is 36.5 Å². The van der Waals surface area contributed by atoms with Crippen molar-refractivity contribution in [1.29, 1.82) is 0 Å². The van der Waals surface area contributed by atoms with Crippen molar-refractivity contribution in [2.75, 3.05) is 25.1 Å². The first-order valence-electron chi connectivity index (χ1n) is 7.48. The molecule has 0 aliphatic carbocycles. The SMILES string of the molecule is COc1ccc(-c2ccnc(N3CCC(C)CC3)n2)cc1. The maximum absolute atomic E-state index is 5.19. The molecular formula is C17H21N3O. The number of hydrogen-bond acceptors (Lipinski definition) is 4. The third-order valence-electron chi connectivity index (χ3n) is 4.10. The Bertz CT molecular complexity index is 589. The first kappa shape index (κ1) is 13.9. The molecule has 0 amide bonds. The first-order valence-corrected chi connectivity index (χ1v) is 7.48. The highest BCUT2D eigenvalue weighted by Gasteiger charge is 2.18. The Morgan fingerprint density at radius 3 is 2.48 bits per heavy atom. The van der Waals surface area contributed by atoms with Gasteiger partial charge in [0.2, 0.25) is 5.95 Å². The highest BCUT2D eigenvalue weighted by molar-refractivity contribution is 5.61. The molecule has 0 unspecified atom stereocenters. The van der Waals surface area contributed by atoms with Gasteiger partial charge in [-0.2, -0.15) is 0 Å². The van der Waals surface area contributed by atoms with E-state index in [4.69, 9.17) is 9.72 Å². The van der Waals surface area contributed by atoms with Gasteiger partial charge in [-0.25, -0.2) is 9.97 Å². The van der Waals surface area contributed by atoms with E-state index in [-0.39, 0.29) is 0 Å². The number of nitrogens with zero attached hydrogens (tertiary/aromatic N) is 3. The van der Waals surface area contributed by atoms with Crippen LogP contribution in [0.15, 0.2) is 36.5 Å². The van der Waals surface area contributed by atoms with Crippen LogP contribution in [0.3, 0.4) is 0 Å². The highest BCUT2D eigenvalue weighted by Crippen LogP contribution is 2.24. The van der Waals surface area contributed by atoms with Gasteiger partial charge in [-0.3, -0.25) is 0 Å². The number of aromatic nitrogens is 2. The Morgan fingerprint density at radius 1 is 1.10 bits per heavy atom. The van der Waals surface area contributed by atoms with E-state index >= 15 is 0 Å². The molecule has 1 aromatic heterocycles. The van der Waals surface area contributed by atoms with Crippen LogP contribution in [-0.2, 0) is 0 Å². The summed E-state index contributed by atoms with van der Waals surface area (Å²) in [4.78, 5) is 11.4. The van der Waals surface area contributed by atoms with Gasteiger partial charge in [0.15, 0.2) is 0 Å². The van der Waals surface area contributed by atoms with Gasteiger partial charge < -0.3 is 9.64 Å². The molecule has 4 heteroatoms. The molecule has 1 aromatic carbocycles. The molecule has 1 aliphatic rings. The highest BCUT2D eigenvalue weighted by atomic mass is 16.5. The van der Waals surface area contributed by atoms with E-state index in [1.54, 1.807) is 7.11 Å². The summed E-state index contributed by atoms with van der Waals surface area (Å²) in [6.45, 7) is 4.41. The first-order chi connectivity index (χ1) is 10.3. The maximum atomic E-state index is 5.19. The van der Waals surface area contributed by atoms with E-state index in [2.05, 4.69) is 16.8 Å². The third-order valence-corrected chi connectivity index (χ3v) is 4.10. The van der Waals surface area contributed by atoms with Crippen LogP contribution in [0, 0.1) is 5.92 Å². The summed E-state index contributed by atoms with van der Waals surface area (Å²) in [7, 11) is 1.68. The lowest BCUT2D eigenvalue weighted by Crippen LogP contribution is -2.34. The van der Waals surface area contributed by atoms with Crippen LogP contribution in [0.2, 0.25) is 0 Å². The van der Waals surface area contributed by atoms with Crippen LogP contribution in [0.5, 0.6) is 5.75 Å². The number of methoxy groups -OCH3 is 1. The minimum atomic E-state index is 0.811. The molecule has 2 aromatic rings. The van der Waals surface area contributed by atoms with Crippen LogP contribution >= 0.6 is 0 Å². The van der Waals surface area contributed by atoms with Gasteiger partial charge in [0, 0.05) is 24.8 Å². The predicted octanol–water partition coefficient (Wildman–Crippen LogP) is 3.39. The van der Waals surface area contributed by atoms with Crippen LogP contribution in [0.1, 0.15) is 19.8 Å². The van der Waals surface area contributed by atoms with Crippen molar-refractivity contribution >= 4 is 5.95 Å². The molecule has 4 nitrogen and oxygen atoms in total. The second kappa shape index (κ2) is 6.12. The predicted molar refractivity (Wildman–Crippen MR) is 84.6 cm³/mol. The molecule has 0 N–H and O–H groups in total. The lowest BCUT2D eigenvalue weighted by Gasteiger charge is -2.30. The zero-order valence-electron chi connectivity index (χ0n) is 12.6. The number of benzene rings is 1. The lowest BCUT2D eigenvalue weighted by atomic mass is 10.00. The van der Waals surface area contributed by atoms with Gasteiger partial charge in [-0.1, -0.05) is 6.92 Å². The van der Waals surface area contributed by atoms with Gasteiger partial charge in [-0.15, -0.1) is 0 Å². The fourth-order valence-corrected chi connectivity index (χ4v) is 2.63. The van der Waals surface area contributed by atoms with Crippen molar-refractivity contribution < 1.29 is 4.74 Å². The van der Waals surface area contributed by atoms with E-state index in [0.29, 0.717) is 0 Å². The Hall–Kier alpha value is -2.10. The second-order valence-corrected chi connectivity index (χ2v) is 5.64. The Labute approximate surface area is 125 Å². The van der Waals surface area contributed by atoms with E-state index in [1.165, 1.54) is 12.8 Å². The van der Waals surface area contributed by atoms with Gasteiger partial charge >= 0.3 is 0 Å². The summed E-state index contributed by atoms with van der Waals surface area (Å²) < 4.78 is 5.19. The normalized spacial score (nSPS) is 16.0. The summed E-state index contributed by atoms with van der Waals surface area (Å²) in [5, 5.41) is 0. The van der Waals surface area contributed by atoms with Gasteiger partial charge in [0.05, 0.1) is 12.8 Å². The van der Waals surface area contributed by atoms with Gasteiger partial charge in [0.1, 0.15) is 5.75 Å². The summed E-state index contributed by atoms with van der Waals surface area (Å²) in [5.74, 6) is 2.51. The standard InChI is InChI=1S/C17H21N3O/c1-13-8-11-20(12-9-13)17-18-10-7-16(19-17)14-3-5-15(21-2)6-4-14/h3-7,10,13H,8-9,11-12H2,1-2H3. The number of piperidine rings is 1. The zero-order chi connectivity index (χ0) is 14.7. The number of ether oxygens (including phenoxy) is 1. The minimum Gasteiger partial charge on any atom is -0.497 e. The maximum Gasteiger partial charge on any atom is 0.225 e. The molecule has 2 heterocycles. The largest absolute Gasteiger partial charge is 0.497 e.